The average Bonchev–Trinajstić information content (AvgIpc) is 2.84. The minimum absolute atomic E-state index is 0.0278. The predicted octanol–water partition coefficient (Wildman–Crippen LogP) is 11.3. The fourth-order valence-electron chi connectivity index (χ4n) is 3.59. The van der Waals surface area contributed by atoms with E-state index in [0.717, 1.165) is 0 Å². The van der Waals surface area contributed by atoms with Crippen LogP contribution in [0.4, 0.5) is 0 Å². The van der Waals surface area contributed by atoms with E-state index in [2.05, 4.69) is 139 Å². The summed E-state index contributed by atoms with van der Waals surface area (Å²) in [6.07, 6.45) is 0. The third kappa shape index (κ3) is 11.4. The largest absolute Gasteiger partial charge is 0.120 e. The fraction of sp³-hybridized carbons (Fsp3) is 0.333. The molecule has 0 heterocycles. The van der Waals surface area contributed by atoms with Gasteiger partial charge in [0, 0.05) is 4.87 Å². The van der Waals surface area contributed by atoms with Gasteiger partial charge in [-0.05, 0) is 65.0 Å². The maximum atomic E-state index is 5.53. The van der Waals surface area contributed by atoms with Gasteiger partial charge in [0.05, 0.1) is 0 Å². The standard InChI is InChI=1S/C20H26.C12H10.C4H9Cl/c1-19(2,3)17-11-7-15(8-12-17)16-9-13-18(14-10-16)20(4,5)6;1-3-7-11(8-4-1)12-9-5-2-6-10-12;1-4(2,3)5/h7-14H,1-6H3;1-10H;1-3H3. The molecule has 0 spiro atoms. The van der Waals surface area contributed by atoms with Crippen molar-refractivity contribution in [3.63, 3.8) is 0 Å². The molecular weight excluding hydrogens is 468 g/mol. The summed E-state index contributed by atoms with van der Waals surface area (Å²) >= 11 is 5.53. The molecule has 4 aromatic rings. The van der Waals surface area contributed by atoms with Crippen LogP contribution in [0.3, 0.4) is 0 Å². The Morgan fingerprint density at radius 3 is 0.784 bits per heavy atom. The molecule has 0 saturated carbocycles. The number of halogens is 1. The summed E-state index contributed by atoms with van der Waals surface area (Å²) in [5.41, 5.74) is 8.33. The molecule has 0 amide bonds. The third-order valence-electron chi connectivity index (χ3n) is 5.72. The normalized spacial score (nSPS) is 11.5. The van der Waals surface area contributed by atoms with Crippen LogP contribution < -0.4 is 0 Å². The van der Waals surface area contributed by atoms with Crippen LogP contribution in [-0.2, 0) is 10.8 Å². The van der Waals surface area contributed by atoms with Crippen molar-refractivity contribution in [1.29, 1.82) is 0 Å². The molecule has 4 aromatic carbocycles. The van der Waals surface area contributed by atoms with Crippen LogP contribution in [0.1, 0.15) is 73.4 Å². The summed E-state index contributed by atoms with van der Waals surface area (Å²) in [4.78, 5) is -0.0278. The number of benzene rings is 4. The number of rotatable bonds is 2. The molecule has 0 aliphatic rings. The second-order valence-corrected chi connectivity index (χ2v) is 13.6. The first kappa shape index (κ1) is 30.4. The van der Waals surface area contributed by atoms with E-state index in [4.69, 9.17) is 11.6 Å². The van der Waals surface area contributed by atoms with E-state index < -0.39 is 0 Å². The average molecular weight is 513 g/mol. The lowest BCUT2D eigenvalue weighted by Crippen LogP contribution is -2.10. The van der Waals surface area contributed by atoms with E-state index in [1.54, 1.807) is 0 Å². The Bertz CT molecular complexity index is 1070. The van der Waals surface area contributed by atoms with E-state index in [0.29, 0.717) is 0 Å². The Morgan fingerprint density at radius 1 is 0.351 bits per heavy atom. The van der Waals surface area contributed by atoms with Gasteiger partial charge < -0.3 is 0 Å². The van der Waals surface area contributed by atoms with E-state index in [-0.39, 0.29) is 15.7 Å². The number of hydrogen-bond donors (Lipinski definition) is 0. The number of alkyl halides is 1. The van der Waals surface area contributed by atoms with Gasteiger partial charge in [-0.2, -0.15) is 0 Å². The van der Waals surface area contributed by atoms with Crippen LogP contribution in [0.2, 0.25) is 0 Å². The summed E-state index contributed by atoms with van der Waals surface area (Å²) in [6.45, 7) is 19.4. The molecule has 0 nitrogen and oxygen atoms in total. The molecule has 0 aliphatic heterocycles. The lowest BCUT2D eigenvalue weighted by molar-refractivity contribution is 0.590. The Labute approximate surface area is 231 Å². The highest BCUT2D eigenvalue weighted by Crippen LogP contribution is 2.28. The zero-order chi connectivity index (χ0) is 27.7. The van der Waals surface area contributed by atoms with Crippen molar-refractivity contribution in [3.05, 3.63) is 120 Å². The molecule has 0 saturated heterocycles. The van der Waals surface area contributed by atoms with Crippen LogP contribution in [0.15, 0.2) is 109 Å². The molecule has 0 radical (unpaired) electrons. The summed E-state index contributed by atoms with van der Waals surface area (Å²) in [5.74, 6) is 0. The molecule has 1 heteroatoms. The molecule has 0 aliphatic carbocycles. The van der Waals surface area contributed by atoms with Gasteiger partial charge in [0.1, 0.15) is 0 Å². The monoisotopic (exact) mass is 512 g/mol. The second kappa shape index (κ2) is 13.1. The molecule has 37 heavy (non-hydrogen) atoms. The zero-order valence-corrected chi connectivity index (χ0v) is 25.0. The summed E-state index contributed by atoms with van der Waals surface area (Å²) < 4.78 is 0. The molecule has 4 rings (SSSR count). The third-order valence-corrected chi connectivity index (χ3v) is 5.72. The number of hydrogen-bond acceptors (Lipinski definition) is 0. The molecule has 0 atom stereocenters. The highest BCUT2D eigenvalue weighted by Gasteiger charge is 2.14. The van der Waals surface area contributed by atoms with E-state index in [1.807, 2.05) is 32.9 Å². The first-order chi connectivity index (χ1) is 17.1. The van der Waals surface area contributed by atoms with Crippen molar-refractivity contribution in [2.45, 2.75) is 78.0 Å². The molecule has 0 bridgehead atoms. The van der Waals surface area contributed by atoms with E-state index in [9.17, 15) is 0 Å². The first-order valence-electron chi connectivity index (χ1n) is 13.2. The Morgan fingerprint density at radius 2 is 0.568 bits per heavy atom. The van der Waals surface area contributed by atoms with Gasteiger partial charge in [-0.1, -0.05) is 151 Å². The SMILES string of the molecule is CC(C)(C)Cl.CC(C)(C)c1ccc(-c2ccc(C(C)(C)C)cc2)cc1.c1ccc(-c2ccccc2)cc1. The molecule has 0 aromatic heterocycles. The lowest BCUT2D eigenvalue weighted by Gasteiger charge is -2.20. The van der Waals surface area contributed by atoms with Crippen molar-refractivity contribution < 1.29 is 0 Å². The Balaban J connectivity index is 0.000000238. The van der Waals surface area contributed by atoms with E-state index in [1.165, 1.54) is 33.4 Å². The van der Waals surface area contributed by atoms with Gasteiger partial charge in [0.15, 0.2) is 0 Å². The van der Waals surface area contributed by atoms with Crippen LogP contribution in [0.25, 0.3) is 22.3 Å². The van der Waals surface area contributed by atoms with Gasteiger partial charge in [-0.15, -0.1) is 11.6 Å². The smallest absolute Gasteiger partial charge is 0.0362 e. The van der Waals surface area contributed by atoms with Crippen LogP contribution >= 0.6 is 11.6 Å². The summed E-state index contributed by atoms with van der Waals surface area (Å²) in [5, 5.41) is 0. The first-order valence-corrected chi connectivity index (χ1v) is 13.5. The van der Waals surface area contributed by atoms with Crippen LogP contribution in [-0.4, -0.2) is 4.87 Å². The minimum Gasteiger partial charge on any atom is -0.120 e. The molecular formula is C36H45Cl. The minimum atomic E-state index is -0.0278. The van der Waals surface area contributed by atoms with Gasteiger partial charge in [-0.25, -0.2) is 0 Å². The highest BCUT2D eigenvalue weighted by molar-refractivity contribution is 6.23. The molecule has 0 fully saturated rings. The fourth-order valence-corrected chi connectivity index (χ4v) is 3.59. The zero-order valence-electron chi connectivity index (χ0n) is 24.3. The van der Waals surface area contributed by atoms with Crippen LogP contribution in [0, 0.1) is 0 Å². The van der Waals surface area contributed by atoms with Gasteiger partial charge >= 0.3 is 0 Å². The van der Waals surface area contributed by atoms with E-state index >= 15 is 0 Å². The van der Waals surface area contributed by atoms with Gasteiger partial charge in [-0.3, -0.25) is 0 Å². The maximum Gasteiger partial charge on any atom is 0.0362 e. The highest BCUT2D eigenvalue weighted by atomic mass is 35.5. The Kier molecular flexibility index (Phi) is 10.8. The second-order valence-electron chi connectivity index (χ2n) is 12.5. The van der Waals surface area contributed by atoms with Crippen molar-refractivity contribution in [2.75, 3.05) is 0 Å². The molecule has 0 unspecified atom stereocenters. The predicted molar refractivity (Wildman–Crippen MR) is 167 cm³/mol. The Hall–Kier alpha value is -2.83. The van der Waals surface area contributed by atoms with Crippen molar-refractivity contribution in [3.8, 4) is 22.3 Å². The van der Waals surface area contributed by atoms with Crippen molar-refractivity contribution in [2.24, 2.45) is 0 Å². The van der Waals surface area contributed by atoms with Gasteiger partial charge in [0.2, 0.25) is 0 Å². The maximum absolute atomic E-state index is 5.53. The van der Waals surface area contributed by atoms with Crippen molar-refractivity contribution >= 4 is 11.6 Å². The van der Waals surface area contributed by atoms with Gasteiger partial charge in [0.25, 0.3) is 0 Å². The summed E-state index contributed by atoms with van der Waals surface area (Å²) in [6, 6.07) is 38.7. The topological polar surface area (TPSA) is 0 Å². The lowest BCUT2D eigenvalue weighted by atomic mass is 9.85. The molecule has 196 valence electrons. The summed E-state index contributed by atoms with van der Waals surface area (Å²) in [7, 11) is 0. The quantitative estimate of drug-likeness (QED) is 0.234. The molecule has 0 N–H and O–H groups in total. The van der Waals surface area contributed by atoms with Crippen molar-refractivity contribution in [1.82, 2.24) is 0 Å². The van der Waals surface area contributed by atoms with Crippen LogP contribution in [0.5, 0.6) is 0 Å².